The van der Waals surface area contributed by atoms with Crippen molar-refractivity contribution in [1.82, 2.24) is 10.3 Å². The molecule has 0 aliphatic rings. The molecule has 2 N–H and O–H groups in total. The number of thiophene rings is 1. The number of hydrogen-bond acceptors (Lipinski definition) is 7. The number of aromatic nitrogens is 1. The first-order valence-electron chi connectivity index (χ1n) is 9.02. The molecule has 2 aromatic heterocycles. The number of ether oxygens (including phenoxy) is 1. The third kappa shape index (κ3) is 5.41. The van der Waals surface area contributed by atoms with Crippen molar-refractivity contribution in [1.29, 1.82) is 0 Å². The molecule has 8 nitrogen and oxygen atoms in total. The van der Waals surface area contributed by atoms with Gasteiger partial charge in [0.1, 0.15) is 17.5 Å². The topological polar surface area (TPSA) is 106 Å². The van der Waals surface area contributed by atoms with Gasteiger partial charge in [-0.3, -0.25) is 10.1 Å². The van der Waals surface area contributed by atoms with Gasteiger partial charge in [0, 0.05) is 13.1 Å². The molecule has 1 amide bonds. The predicted molar refractivity (Wildman–Crippen MR) is 113 cm³/mol. The summed E-state index contributed by atoms with van der Waals surface area (Å²) < 4.78 is 5.97. The highest BCUT2D eigenvalue weighted by Crippen LogP contribution is 2.35. The van der Waals surface area contributed by atoms with Crippen molar-refractivity contribution in [2.24, 2.45) is 0 Å². The van der Waals surface area contributed by atoms with Gasteiger partial charge < -0.3 is 15.4 Å². The molecule has 0 aliphatic carbocycles. The van der Waals surface area contributed by atoms with Gasteiger partial charge in [-0.1, -0.05) is 24.3 Å². The first-order valence-corrected chi connectivity index (χ1v) is 9.90. The third-order valence-corrected chi connectivity index (χ3v) is 4.90. The van der Waals surface area contributed by atoms with Crippen molar-refractivity contribution in [3.05, 3.63) is 63.1 Å². The van der Waals surface area contributed by atoms with Crippen LogP contribution in [0, 0.1) is 10.1 Å². The lowest BCUT2D eigenvalue weighted by atomic mass is 10.1. The number of rotatable bonds is 6. The van der Waals surface area contributed by atoms with Gasteiger partial charge in [-0.15, -0.1) is 11.3 Å². The molecule has 3 aromatic rings. The summed E-state index contributed by atoms with van der Waals surface area (Å²) >= 11 is 1.41. The van der Waals surface area contributed by atoms with Gasteiger partial charge >= 0.3 is 11.8 Å². The second kappa shape index (κ2) is 8.44. The Balaban J connectivity index is 1.63. The smallest absolute Gasteiger partial charge is 0.407 e. The van der Waals surface area contributed by atoms with Crippen molar-refractivity contribution >= 4 is 39.0 Å². The lowest BCUT2D eigenvalue weighted by Gasteiger charge is -2.19. The molecule has 152 valence electrons. The molecule has 0 radical (unpaired) electrons. The largest absolute Gasteiger partial charge is 0.444 e. The van der Waals surface area contributed by atoms with Gasteiger partial charge in [-0.2, -0.15) is 0 Å². The molecule has 0 saturated heterocycles. The van der Waals surface area contributed by atoms with E-state index in [0.717, 1.165) is 21.3 Å². The first-order chi connectivity index (χ1) is 13.7. The van der Waals surface area contributed by atoms with Gasteiger partial charge in [-0.05, 0) is 43.3 Å². The van der Waals surface area contributed by atoms with Crippen LogP contribution in [0.4, 0.5) is 16.2 Å². The van der Waals surface area contributed by atoms with E-state index >= 15 is 0 Å². The molecule has 0 spiro atoms. The predicted octanol–water partition coefficient (Wildman–Crippen LogP) is 4.84. The van der Waals surface area contributed by atoms with E-state index in [-0.39, 0.29) is 5.69 Å². The number of amides is 1. The molecular weight excluding hydrogens is 392 g/mol. The van der Waals surface area contributed by atoms with Crippen LogP contribution in [0.5, 0.6) is 0 Å². The van der Waals surface area contributed by atoms with Crippen molar-refractivity contribution in [3.63, 3.8) is 0 Å². The Labute approximate surface area is 172 Å². The standard InChI is InChI=1S/C20H22N4O4S/c1-20(2,3)28-19(25)23-11-14-6-4-13(5-7-14)10-22-17-16(24(26)27)12-21-15-8-9-29-18(15)17/h4-9,12H,10-11H2,1-3H3,(H,21,22)(H,23,25). The summed E-state index contributed by atoms with van der Waals surface area (Å²) in [6.45, 7) is 6.22. The maximum Gasteiger partial charge on any atom is 0.407 e. The van der Waals surface area contributed by atoms with Gasteiger partial charge in [0.05, 0.1) is 15.1 Å². The maximum absolute atomic E-state index is 11.7. The summed E-state index contributed by atoms with van der Waals surface area (Å²) in [6, 6.07) is 9.46. The quantitative estimate of drug-likeness (QED) is 0.441. The number of nitro groups is 1. The number of carbonyl (C=O) groups is 1. The van der Waals surface area contributed by atoms with E-state index in [9.17, 15) is 14.9 Å². The zero-order chi connectivity index (χ0) is 21.0. The number of pyridine rings is 1. The summed E-state index contributed by atoms with van der Waals surface area (Å²) in [4.78, 5) is 26.8. The van der Waals surface area contributed by atoms with Crippen LogP contribution in [-0.4, -0.2) is 21.6 Å². The molecule has 0 bridgehead atoms. The van der Waals surface area contributed by atoms with Crippen LogP contribution >= 0.6 is 11.3 Å². The SMILES string of the molecule is CC(C)(C)OC(=O)NCc1ccc(CNc2c([N+](=O)[O-])cnc3ccsc23)cc1. The average Bonchev–Trinajstić information content (AvgIpc) is 3.12. The highest BCUT2D eigenvalue weighted by Gasteiger charge is 2.19. The Morgan fingerprint density at radius 2 is 1.83 bits per heavy atom. The summed E-state index contributed by atoms with van der Waals surface area (Å²) in [5.74, 6) is 0. The maximum atomic E-state index is 11.7. The molecule has 0 saturated carbocycles. The lowest BCUT2D eigenvalue weighted by Crippen LogP contribution is -2.32. The number of nitrogens with zero attached hydrogens (tertiary/aromatic N) is 2. The molecular formula is C20H22N4O4S. The molecule has 0 unspecified atom stereocenters. The van der Waals surface area contributed by atoms with Crippen LogP contribution in [0.25, 0.3) is 10.2 Å². The Morgan fingerprint density at radius 1 is 1.17 bits per heavy atom. The zero-order valence-corrected chi connectivity index (χ0v) is 17.2. The van der Waals surface area contributed by atoms with Crippen LogP contribution in [0.1, 0.15) is 31.9 Å². The Kier molecular flexibility index (Phi) is 5.97. The fourth-order valence-corrected chi connectivity index (χ4v) is 3.53. The summed E-state index contributed by atoms with van der Waals surface area (Å²) in [7, 11) is 0. The van der Waals surface area contributed by atoms with Crippen molar-refractivity contribution in [2.75, 3.05) is 5.32 Å². The van der Waals surface area contributed by atoms with Crippen LogP contribution < -0.4 is 10.6 Å². The number of alkyl carbamates (subject to hydrolysis) is 1. The second-order valence-electron chi connectivity index (χ2n) is 7.44. The number of hydrogen-bond donors (Lipinski definition) is 2. The molecule has 29 heavy (non-hydrogen) atoms. The monoisotopic (exact) mass is 414 g/mol. The summed E-state index contributed by atoms with van der Waals surface area (Å²) in [5, 5.41) is 19.1. The summed E-state index contributed by atoms with van der Waals surface area (Å²) in [5.41, 5.74) is 2.51. The fraction of sp³-hybridized carbons (Fsp3) is 0.300. The van der Waals surface area contributed by atoms with Gasteiger partial charge in [0.15, 0.2) is 0 Å². The van der Waals surface area contributed by atoms with E-state index < -0.39 is 16.6 Å². The van der Waals surface area contributed by atoms with E-state index in [1.165, 1.54) is 17.5 Å². The molecule has 9 heteroatoms. The fourth-order valence-electron chi connectivity index (χ4n) is 2.67. The highest BCUT2D eigenvalue weighted by atomic mass is 32.1. The lowest BCUT2D eigenvalue weighted by molar-refractivity contribution is -0.384. The van der Waals surface area contributed by atoms with Gasteiger partial charge in [0.25, 0.3) is 0 Å². The number of anilines is 1. The zero-order valence-electron chi connectivity index (χ0n) is 16.4. The van der Waals surface area contributed by atoms with Crippen molar-refractivity contribution in [2.45, 2.75) is 39.5 Å². The Morgan fingerprint density at radius 3 is 2.45 bits per heavy atom. The summed E-state index contributed by atoms with van der Waals surface area (Å²) in [6.07, 6.45) is 0.816. The van der Waals surface area contributed by atoms with Gasteiger partial charge in [0.2, 0.25) is 0 Å². The number of nitrogens with one attached hydrogen (secondary N) is 2. The third-order valence-electron chi connectivity index (χ3n) is 3.98. The minimum absolute atomic E-state index is 0.0434. The first kappa shape index (κ1) is 20.5. The van der Waals surface area contributed by atoms with Gasteiger partial charge in [-0.25, -0.2) is 9.78 Å². The van der Waals surface area contributed by atoms with Crippen LogP contribution in [0.15, 0.2) is 41.9 Å². The number of benzene rings is 1. The van der Waals surface area contributed by atoms with Crippen molar-refractivity contribution in [3.8, 4) is 0 Å². The van der Waals surface area contributed by atoms with Crippen molar-refractivity contribution < 1.29 is 14.5 Å². The van der Waals surface area contributed by atoms with E-state index in [0.29, 0.717) is 18.8 Å². The van der Waals surface area contributed by atoms with E-state index in [2.05, 4.69) is 15.6 Å². The molecule has 0 aliphatic heterocycles. The molecule has 2 heterocycles. The minimum Gasteiger partial charge on any atom is -0.444 e. The average molecular weight is 414 g/mol. The van der Waals surface area contributed by atoms with Crippen LogP contribution in [0.2, 0.25) is 0 Å². The normalized spacial score (nSPS) is 11.3. The highest BCUT2D eigenvalue weighted by molar-refractivity contribution is 7.17. The van der Waals surface area contributed by atoms with E-state index in [1.54, 1.807) is 0 Å². The van der Waals surface area contributed by atoms with E-state index in [1.807, 2.05) is 56.5 Å². The minimum atomic E-state index is -0.539. The molecule has 1 aromatic carbocycles. The number of fused-ring (bicyclic) bond motifs is 1. The molecule has 0 fully saturated rings. The second-order valence-corrected chi connectivity index (χ2v) is 8.35. The van der Waals surface area contributed by atoms with Crippen LogP contribution in [0.3, 0.4) is 0 Å². The number of carbonyl (C=O) groups excluding carboxylic acids is 1. The molecule has 3 rings (SSSR count). The molecule has 0 atom stereocenters. The Hall–Kier alpha value is -3.20. The van der Waals surface area contributed by atoms with Crippen LogP contribution in [-0.2, 0) is 17.8 Å². The van der Waals surface area contributed by atoms with E-state index in [4.69, 9.17) is 4.74 Å². The Bertz CT molecular complexity index is 1030.